The maximum atomic E-state index is 5.69. The standard InChI is InChI=1S/C22H22N4/c1-2-3-9-20(13-23)22-11-10-19(14-25-22)16-26-17-24-15-21(26)12-18-7-5-4-6-8-18/h2-11,13-15,17H,1,12,16,23H2/b9-3-,20-13+. The number of hydrogen-bond donors (Lipinski definition) is 1. The van der Waals surface area contributed by atoms with Crippen molar-refractivity contribution in [2.45, 2.75) is 13.0 Å². The van der Waals surface area contributed by atoms with Crippen LogP contribution in [0.5, 0.6) is 0 Å². The second-order valence-corrected chi connectivity index (χ2v) is 5.94. The van der Waals surface area contributed by atoms with Crippen LogP contribution in [0, 0.1) is 0 Å². The van der Waals surface area contributed by atoms with E-state index in [1.165, 1.54) is 11.3 Å². The molecule has 130 valence electrons. The Morgan fingerprint density at radius 2 is 1.92 bits per heavy atom. The van der Waals surface area contributed by atoms with Crippen molar-refractivity contribution in [1.82, 2.24) is 14.5 Å². The van der Waals surface area contributed by atoms with E-state index < -0.39 is 0 Å². The van der Waals surface area contributed by atoms with Crippen LogP contribution in [0.2, 0.25) is 0 Å². The molecule has 1 aromatic carbocycles. The zero-order chi connectivity index (χ0) is 18.2. The van der Waals surface area contributed by atoms with Gasteiger partial charge in [0.05, 0.1) is 18.6 Å². The number of pyridine rings is 1. The number of imidazole rings is 1. The number of rotatable bonds is 7. The van der Waals surface area contributed by atoms with Gasteiger partial charge in [0.2, 0.25) is 0 Å². The Hall–Kier alpha value is -3.40. The number of hydrogen-bond acceptors (Lipinski definition) is 3. The molecule has 3 aromatic rings. The van der Waals surface area contributed by atoms with Crippen LogP contribution < -0.4 is 5.73 Å². The van der Waals surface area contributed by atoms with Crippen molar-refractivity contribution in [3.63, 3.8) is 0 Å². The summed E-state index contributed by atoms with van der Waals surface area (Å²) in [6, 6.07) is 14.5. The van der Waals surface area contributed by atoms with Crippen molar-refractivity contribution in [2.75, 3.05) is 0 Å². The largest absolute Gasteiger partial charge is 0.404 e. The molecule has 0 bridgehead atoms. The normalized spacial score (nSPS) is 11.8. The first-order valence-electron chi connectivity index (χ1n) is 8.49. The second-order valence-electron chi connectivity index (χ2n) is 5.94. The lowest BCUT2D eigenvalue weighted by Crippen LogP contribution is -2.04. The lowest BCUT2D eigenvalue weighted by molar-refractivity contribution is 0.750. The average molecular weight is 342 g/mol. The summed E-state index contributed by atoms with van der Waals surface area (Å²) in [7, 11) is 0. The Morgan fingerprint density at radius 1 is 1.08 bits per heavy atom. The number of aromatic nitrogens is 3. The first kappa shape index (κ1) is 17.4. The summed E-state index contributed by atoms with van der Waals surface area (Å²) in [6.45, 7) is 4.41. The second kappa shape index (κ2) is 8.62. The van der Waals surface area contributed by atoms with Crippen LogP contribution in [0.4, 0.5) is 0 Å². The van der Waals surface area contributed by atoms with Crippen molar-refractivity contribution in [1.29, 1.82) is 0 Å². The van der Waals surface area contributed by atoms with Gasteiger partial charge in [-0.1, -0.05) is 61.2 Å². The molecule has 2 aromatic heterocycles. The minimum Gasteiger partial charge on any atom is -0.404 e. The molecule has 0 radical (unpaired) electrons. The molecular weight excluding hydrogens is 320 g/mol. The predicted molar refractivity (Wildman–Crippen MR) is 106 cm³/mol. The maximum absolute atomic E-state index is 5.69. The topological polar surface area (TPSA) is 56.7 Å². The van der Waals surface area contributed by atoms with E-state index >= 15 is 0 Å². The highest BCUT2D eigenvalue weighted by molar-refractivity contribution is 5.71. The van der Waals surface area contributed by atoms with Crippen LogP contribution >= 0.6 is 0 Å². The van der Waals surface area contributed by atoms with E-state index in [0.29, 0.717) is 0 Å². The average Bonchev–Trinajstić information content (AvgIpc) is 3.11. The fourth-order valence-electron chi connectivity index (χ4n) is 2.73. The SMILES string of the molecule is C=C/C=C\C(=C/N)c1ccc(Cn2cncc2Cc2ccccc2)cn1. The molecule has 0 unspecified atom stereocenters. The number of nitrogens with two attached hydrogens (primary N) is 1. The minimum absolute atomic E-state index is 0.736. The molecular formula is C22H22N4. The molecule has 0 atom stereocenters. The summed E-state index contributed by atoms with van der Waals surface area (Å²) >= 11 is 0. The van der Waals surface area contributed by atoms with Crippen molar-refractivity contribution in [3.05, 3.63) is 115 Å². The van der Waals surface area contributed by atoms with E-state index in [2.05, 4.69) is 51.4 Å². The highest BCUT2D eigenvalue weighted by atomic mass is 15.0. The van der Waals surface area contributed by atoms with Gasteiger partial charge in [-0.25, -0.2) is 4.98 Å². The quantitative estimate of drug-likeness (QED) is 0.661. The summed E-state index contributed by atoms with van der Waals surface area (Å²) < 4.78 is 2.15. The molecule has 4 heteroatoms. The third kappa shape index (κ3) is 4.36. The Kier molecular flexibility index (Phi) is 5.78. The molecule has 0 saturated carbocycles. The van der Waals surface area contributed by atoms with Crippen LogP contribution in [0.3, 0.4) is 0 Å². The van der Waals surface area contributed by atoms with Gasteiger partial charge >= 0.3 is 0 Å². The number of nitrogens with zero attached hydrogens (tertiary/aromatic N) is 3. The smallest absolute Gasteiger partial charge is 0.0951 e. The Labute approximate surface area is 154 Å². The molecule has 0 aliphatic heterocycles. The molecule has 0 amide bonds. The summed E-state index contributed by atoms with van der Waals surface area (Å²) in [4.78, 5) is 8.84. The van der Waals surface area contributed by atoms with E-state index in [9.17, 15) is 0 Å². The molecule has 0 saturated heterocycles. The molecule has 2 N–H and O–H groups in total. The van der Waals surface area contributed by atoms with Gasteiger partial charge in [0, 0.05) is 36.3 Å². The van der Waals surface area contributed by atoms with Crippen LogP contribution in [0.1, 0.15) is 22.5 Å². The lowest BCUT2D eigenvalue weighted by atomic mass is 10.1. The van der Waals surface area contributed by atoms with Crippen molar-refractivity contribution in [2.24, 2.45) is 5.73 Å². The van der Waals surface area contributed by atoms with E-state index in [4.69, 9.17) is 5.73 Å². The number of benzene rings is 1. The van der Waals surface area contributed by atoms with E-state index in [-0.39, 0.29) is 0 Å². The van der Waals surface area contributed by atoms with Gasteiger partial charge in [-0.2, -0.15) is 0 Å². The molecule has 0 aliphatic carbocycles. The van der Waals surface area contributed by atoms with Crippen molar-refractivity contribution < 1.29 is 0 Å². The molecule has 4 nitrogen and oxygen atoms in total. The molecule has 26 heavy (non-hydrogen) atoms. The van der Waals surface area contributed by atoms with Crippen LogP contribution in [-0.4, -0.2) is 14.5 Å². The third-order valence-electron chi connectivity index (χ3n) is 4.09. The Balaban J connectivity index is 1.73. The fourth-order valence-corrected chi connectivity index (χ4v) is 2.73. The first-order valence-corrected chi connectivity index (χ1v) is 8.49. The zero-order valence-corrected chi connectivity index (χ0v) is 14.6. The summed E-state index contributed by atoms with van der Waals surface area (Å²) in [6.07, 6.45) is 13.5. The van der Waals surface area contributed by atoms with E-state index in [1.54, 1.807) is 12.3 Å². The number of allylic oxidation sites excluding steroid dienone is 4. The Bertz CT molecular complexity index is 903. The first-order chi connectivity index (χ1) is 12.8. The van der Waals surface area contributed by atoms with Crippen LogP contribution in [-0.2, 0) is 13.0 Å². The van der Waals surface area contributed by atoms with Gasteiger partial charge in [0.25, 0.3) is 0 Å². The summed E-state index contributed by atoms with van der Waals surface area (Å²) in [5.41, 5.74) is 11.0. The highest BCUT2D eigenvalue weighted by Crippen LogP contribution is 2.15. The van der Waals surface area contributed by atoms with Crippen LogP contribution in [0.25, 0.3) is 5.57 Å². The van der Waals surface area contributed by atoms with Gasteiger partial charge in [0.15, 0.2) is 0 Å². The lowest BCUT2D eigenvalue weighted by Gasteiger charge is -2.09. The highest BCUT2D eigenvalue weighted by Gasteiger charge is 2.06. The molecule has 0 spiro atoms. The van der Waals surface area contributed by atoms with E-state index in [0.717, 1.165) is 29.8 Å². The summed E-state index contributed by atoms with van der Waals surface area (Å²) in [5.74, 6) is 0. The van der Waals surface area contributed by atoms with Gasteiger partial charge in [-0.3, -0.25) is 4.98 Å². The monoisotopic (exact) mass is 342 g/mol. The maximum Gasteiger partial charge on any atom is 0.0951 e. The van der Waals surface area contributed by atoms with Gasteiger partial charge in [-0.05, 0) is 17.2 Å². The van der Waals surface area contributed by atoms with E-state index in [1.807, 2.05) is 43.0 Å². The molecule has 2 heterocycles. The summed E-state index contributed by atoms with van der Waals surface area (Å²) in [5, 5.41) is 0. The molecule has 3 rings (SSSR count). The van der Waals surface area contributed by atoms with Crippen LogP contribution in [0.15, 0.2) is 92.2 Å². The van der Waals surface area contributed by atoms with Crippen molar-refractivity contribution in [3.8, 4) is 0 Å². The Morgan fingerprint density at radius 3 is 2.62 bits per heavy atom. The van der Waals surface area contributed by atoms with Gasteiger partial charge in [-0.15, -0.1) is 0 Å². The van der Waals surface area contributed by atoms with Crippen molar-refractivity contribution >= 4 is 5.57 Å². The fraction of sp³-hybridized carbons (Fsp3) is 0.0909. The predicted octanol–water partition coefficient (Wildman–Crippen LogP) is 3.96. The zero-order valence-electron chi connectivity index (χ0n) is 14.6. The van der Waals surface area contributed by atoms with Gasteiger partial charge in [0.1, 0.15) is 0 Å². The molecule has 0 fully saturated rings. The minimum atomic E-state index is 0.736. The third-order valence-corrected chi connectivity index (χ3v) is 4.09. The molecule has 0 aliphatic rings. The van der Waals surface area contributed by atoms with Gasteiger partial charge < -0.3 is 10.3 Å².